The van der Waals surface area contributed by atoms with Gasteiger partial charge in [-0.1, -0.05) is 17.3 Å². The van der Waals surface area contributed by atoms with Crippen LogP contribution in [-0.2, 0) is 6.42 Å². The predicted octanol–water partition coefficient (Wildman–Crippen LogP) is 0.862. The lowest BCUT2D eigenvalue weighted by atomic mass is 10.1. The normalized spacial score (nSPS) is 13.3. The van der Waals surface area contributed by atoms with Crippen LogP contribution >= 0.6 is 0 Å². The Balaban J connectivity index is 2.42. The Morgan fingerprint density at radius 1 is 1.56 bits per heavy atom. The van der Waals surface area contributed by atoms with E-state index < -0.39 is 4.92 Å². The monoisotopic (exact) mass is 252 g/mol. The third-order valence-electron chi connectivity index (χ3n) is 2.57. The van der Waals surface area contributed by atoms with Gasteiger partial charge in [0.2, 0.25) is 0 Å². The Hall–Kier alpha value is -2.15. The van der Waals surface area contributed by atoms with Gasteiger partial charge in [0.05, 0.1) is 11.0 Å². The Kier molecular flexibility index (Phi) is 5.06. The first-order valence-electron chi connectivity index (χ1n) is 5.48. The van der Waals surface area contributed by atoms with Gasteiger partial charge in [0.1, 0.15) is 0 Å². The van der Waals surface area contributed by atoms with E-state index >= 15 is 0 Å². The van der Waals surface area contributed by atoms with Crippen LogP contribution in [0.15, 0.2) is 29.4 Å². The molecule has 0 heterocycles. The van der Waals surface area contributed by atoms with Gasteiger partial charge in [-0.05, 0) is 25.5 Å². The summed E-state index contributed by atoms with van der Waals surface area (Å²) in [4.78, 5) is 10.0. The van der Waals surface area contributed by atoms with Crippen molar-refractivity contribution < 1.29 is 10.1 Å². The summed E-state index contributed by atoms with van der Waals surface area (Å²) in [5.74, 6) is 0.124. The molecule has 7 nitrogen and oxygen atoms in total. The second kappa shape index (κ2) is 6.55. The molecule has 1 aromatic carbocycles. The van der Waals surface area contributed by atoms with Crippen LogP contribution in [0, 0.1) is 10.1 Å². The standard InChI is InChI=1S/C11H16N4O3/c1-8(11(12)14-16)13-7-6-9-2-4-10(5-3-9)15(17)18/h2-5,8,13,16H,6-7H2,1H3,(H2,12,14). The largest absolute Gasteiger partial charge is 0.409 e. The molecule has 0 fully saturated rings. The van der Waals surface area contributed by atoms with E-state index in [4.69, 9.17) is 10.9 Å². The zero-order chi connectivity index (χ0) is 13.5. The third-order valence-corrected chi connectivity index (χ3v) is 2.57. The van der Waals surface area contributed by atoms with Crippen molar-refractivity contribution in [1.29, 1.82) is 0 Å². The van der Waals surface area contributed by atoms with Crippen LogP contribution in [0.3, 0.4) is 0 Å². The maximum absolute atomic E-state index is 10.5. The summed E-state index contributed by atoms with van der Waals surface area (Å²) in [5.41, 5.74) is 6.48. The zero-order valence-electron chi connectivity index (χ0n) is 10.0. The lowest BCUT2D eigenvalue weighted by Gasteiger charge is -2.11. The molecule has 18 heavy (non-hydrogen) atoms. The lowest BCUT2D eigenvalue weighted by molar-refractivity contribution is -0.384. The molecule has 0 aromatic heterocycles. The Labute approximate surface area is 104 Å². The minimum atomic E-state index is -0.428. The lowest BCUT2D eigenvalue weighted by Crippen LogP contribution is -2.39. The van der Waals surface area contributed by atoms with Gasteiger partial charge in [0.25, 0.3) is 5.69 Å². The maximum Gasteiger partial charge on any atom is 0.269 e. The first-order chi connectivity index (χ1) is 8.54. The summed E-state index contributed by atoms with van der Waals surface area (Å²) < 4.78 is 0. The van der Waals surface area contributed by atoms with Crippen LogP contribution in [0.5, 0.6) is 0 Å². The molecule has 1 atom stereocenters. The van der Waals surface area contributed by atoms with E-state index in [9.17, 15) is 10.1 Å². The molecule has 4 N–H and O–H groups in total. The van der Waals surface area contributed by atoms with Crippen molar-refractivity contribution in [3.8, 4) is 0 Å². The van der Waals surface area contributed by atoms with Crippen molar-refractivity contribution in [2.45, 2.75) is 19.4 Å². The number of oxime groups is 1. The molecule has 98 valence electrons. The Bertz CT molecular complexity index is 430. The molecular weight excluding hydrogens is 236 g/mol. The van der Waals surface area contributed by atoms with Gasteiger partial charge < -0.3 is 16.3 Å². The fourth-order valence-electron chi connectivity index (χ4n) is 1.41. The minimum Gasteiger partial charge on any atom is -0.409 e. The highest BCUT2D eigenvalue weighted by atomic mass is 16.6. The molecule has 0 aliphatic rings. The van der Waals surface area contributed by atoms with Crippen LogP contribution in [-0.4, -0.2) is 28.6 Å². The summed E-state index contributed by atoms with van der Waals surface area (Å²) in [6.45, 7) is 2.42. The third kappa shape index (κ3) is 4.02. The van der Waals surface area contributed by atoms with E-state index in [1.54, 1.807) is 19.1 Å². The number of nitrogens with two attached hydrogens (primary N) is 1. The second-order valence-electron chi connectivity index (χ2n) is 3.87. The quantitative estimate of drug-likeness (QED) is 0.228. The molecule has 0 aliphatic carbocycles. The zero-order valence-corrected chi connectivity index (χ0v) is 10.0. The van der Waals surface area contributed by atoms with Crippen LogP contribution in [0.4, 0.5) is 5.69 Å². The number of benzene rings is 1. The predicted molar refractivity (Wildman–Crippen MR) is 67.7 cm³/mol. The first kappa shape index (κ1) is 13.9. The highest BCUT2D eigenvalue weighted by Gasteiger charge is 2.07. The molecule has 0 bridgehead atoms. The molecule has 1 unspecified atom stereocenters. The highest BCUT2D eigenvalue weighted by molar-refractivity contribution is 5.84. The van der Waals surface area contributed by atoms with E-state index in [-0.39, 0.29) is 17.6 Å². The number of hydrogen-bond acceptors (Lipinski definition) is 5. The average molecular weight is 252 g/mol. The number of rotatable bonds is 6. The average Bonchev–Trinajstić information content (AvgIpc) is 2.38. The molecule has 0 saturated heterocycles. The van der Waals surface area contributed by atoms with Gasteiger partial charge in [-0.25, -0.2) is 0 Å². The molecule has 0 spiro atoms. The number of nitrogens with one attached hydrogen (secondary N) is 1. The van der Waals surface area contributed by atoms with Crippen molar-refractivity contribution >= 4 is 11.5 Å². The molecule has 1 rings (SSSR count). The molecule has 0 saturated carbocycles. The molecule has 1 aromatic rings. The molecule has 0 radical (unpaired) electrons. The molecule has 0 aliphatic heterocycles. The van der Waals surface area contributed by atoms with Crippen LogP contribution in [0.1, 0.15) is 12.5 Å². The van der Waals surface area contributed by atoms with Gasteiger partial charge in [-0.15, -0.1) is 0 Å². The summed E-state index contributed by atoms with van der Waals surface area (Å²) >= 11 is 0. The van der Waals surface area contributed by atoms with Crippen LogP contribution in [0.25, 0.3) is 0 Å². The van der Waals surface area contributed by atoms with E-state index in [2.05, 4.69) is 10.5 Å². The molecular formula is C11H16N4O3. The number of hydrogen-bond donors (Lipinski definition) is 3. The Morgan fingerprint density at radius 2 is 2.17 bits per heavy atom. The Morgan fingerprint density at radius 3 is 2.67 bits per heavy atom. The van der Waals surface area contributed by atoms with E-state index in [1.165, 1.54) is 12.1 Å². The van der Waals surface area contributed by atoms with Crippen molar-refractivity contribution in [2.75, 3.05) is 6.54 Å². The maximum atomic E-state index is 10.5. The van der Waals surface area contributed by atoms with Gasteiger partial charge >= 0.3 is 0 Å². The molecule has 0 amide bonds. The van der Waals surface area contributed by atoms with Crippen molar-refractivity contribution in [3.05, 3.63) is 39.9 Å². The smallest absolute Gasteiger partial charge is 0.269 e. The summed E-state index contributed by atoms with van der Waals surface area (Å²) in [5, 5.41) is 24.9. The fraction of sp³-hybridized carbons (Fsp3) is 0.364. The van der Waals surface area contributed by atoms with Gasteiger partial charge in [-0.2, -0.15) is 0 Å². The van der Waals surface area contributed by atoms with Crippen molar-refractivity contribution in [2.24, 2.45) is 10.9 Å². The van der Waals surface area contributed by atoms with E-state index in [1.807, 2.05) is 0 Å². The van der Waals surface area contributed by atoms with Crippen LogP contribution < -0.4 is 11.1 Å². The van der Waals surface area contributed by atoms with E-state index in [0.29, 0.717) is 13.0 Å². The topological polar surface area (TPSA) is 114 Å². The van der Waals surface area contributed by atoms with Crippen molar-refractivity contribution in [3.63, 3.8) is 0 Å². The second-order valence-corrected chi connectivity index (χ2v) is 3.87. The van der Waals surface area contributed by atoms with Gasteiger partial charge in [0, 0.05) is 12.1 Å². The first-order valence-corrected chi connectivity index (χ1v) is 5.48. The van der Waals surface area contributed by atoms with E-state index in [0.717, 1.165) is 5.56 Å². The van der Waals surface area contributed by atoms with Crippen LogP contribution in [0.2, 0.25) is 0 Å². The summed E-state index contributed by atoms with van der Waals surface area (Å²) in [6.07, 6.45) is 0.709. The SMILES string of the molecule is CC(NCCc1ccc([N+](=O)[O-])cc1)C(N)=NO. The number of amidine groups is 1. The van der Waals surface area contributed by atoms with Crippen molar-refractivity contribution in [1.82, 2.24) is 5.32 Å². The summed E-state index contributed by atoms with van der Waals surface area (Å²) in [6, 6.07) is 6.17. The minimum absolute atomic E-state index is 0.0803. The van der Waals surface area contributed by atoms with Gasteiger partial charge in [-0.3, -0.25) is 10.1 Å². The van der Waals surface area contributed by atoms with Gasteiger partial charge in [0.15, 0.2) is 5.84 Å². The highest BCUT2D eigenvalue weighted by Crippen LogP contribution is 2.11. The fourth-order valence-corrected chi connectivity index (χ4v) is 1.41. The molecule has 7 heteroatoms. The summed E-state index contributed by atoms with van der Waals surface area (Å²) in [7, 11) is 0. The number of non-ortho nitro benzene ring substituents is 1. The number of nitro groups is 1. The number of nitro benzene ring substituents is 1. The number of nitrogens with zero attached hydrogens (tertiary/aromatic N) is 2.